The van der Waals surface area contributed by atoms with E-state index >= 15 is 0 Å². The zero-order chi connectivity index (χ0) is 14.7. The highest BCUT2D eigenvalue weighted by Crippen LogP contribution is 2.27. The van der Waals surface area contributed by atoms with Crippen LogP contribution in [0.25, 0.3) is 0 Å². The molecule has 1 aromatic rings. The summed E-state index contributed by atoms with van der Waals surface area (Å²) in [7, 11) is 0. The van der Waals surface area contributed by atoms with Crippen LogP contribution in [0.1, 0.15) is 29.6 Å². The molecule has 1 aliphatic carbocycles. The molecule has 0 spiro atoms. The zero-order valence-corrected chi connectivity index (χ0v) is 11.5. The Morgan fingerprint density at radius 2 is 2.25 bits per heavy atom. The van der Waals surface area contributed by atoms with Crippen molar-refractivity contribution in [3.05, 3.63) is 38.9 Å². The van der Waals surface area contributed by atoms with E-state index in [1.165, 1.54) is 18.2 Å². The molecule has 1 saturated carbocycles. The second-order valence-corrected chi connectivity index (χ2v) is 5.27. The maximum Gasteiger partial charge on any atom is 0.283 e. The molecule has 0 aliphatic heterocycles. The highest BCUT2D eigenvalue weighted by Gasteiger charge is 2.27. The molecule has 0 heterocycles. The number of aliphatic hydroxyl groups is 1. The van der Waals surface area contributed by atoms with Crippen LogP contribution in [0, 0.1) is 16.0 Å². The molecular weight excluding hydrogens is 284 g/mol. The first-order valence-corrected chi connectivity index (χ1v) is 6.77. The largest absolute Gasteiger partial charge is 0.393 e. The minimum Gasteiger partial charge on any atom is -0.393 e. The number of carbonyl (C=O) groups excluding carboxylic acids is 1. The highest BCUT2D eigenvalue weighted by atomic mass is 35.5. The minimum absolute atomic E-state index is 0.000457. The molecule has 1 fully saturated rings. The predicted molar refractivity (Wildman–Crippen MR) is 73.8 cm³/mol. The molecule has 1 aliphatic rings. The Hall–Kier alpha value is -1.66. The van der Waals surface area contributed by atoms with E-state index in [2.05, 4.69) is 5.32 Å². The summed E-state index contributed by atoms with van der Waals surface area (Å²) in [6, 6.07) is 4.11. The fourth-order valence-corrected chi connectivity index (χ4v) is 2.71. The van der Waals surface area contributed by atoms with Crippen LogP contribution in [0.4, 0.5) is 5.69 Å². The predicted octanol–water partition coefficient (Wildman–Crippen LogP) is 2.14. The van der Waals surface area contributed by atoms with E-state index in [0.717, 1.165) is 19.3 Å². The van der Waals surface area contributed by atoms with Crippen molar-refractivity contribution >= 4 is 23.2 Å². The number of nitro benzene ring substituents is 1. The molecule has 0 radical (unpaired) electrons. The molecular formula is C13H15ClN2O4. The van der Waals surface area contributed by atoms with Crippen LogP contribution in [0.3, 0.4) is 0 Å². The third kappa shape index (κ3) is 3.08. The van der Waals surface area contributed by atoms with Crippen molar-refractivity contribution in [2.24, 2.45) is 5.92 Å². The third-order valence-electron chi connectivity index (χ3n) is 3.56. The Labute approximate surface area is 120 Å². The van der Waals surface area contributed by atoms with Crippen molar-refractivity contribution < 1.29 is 14.8 Å². The second-order valence-electron chi connectivity index (χ2n) is 4.86. The van der Waals surface area contributed by atoms with Crippen LogP contribution in [0.2, 0.25) is 5.02 Å². The maximum absolute atomic E-state index is 12.1. The van der Waals surface area contributed by atoms with Gasteiger partial charge in [0, 0.05) is 18.5 Å². The van der Waals surface area contributed by atoms with E-state index < -0.39 is 16.9 Å². The number of nitrogens with one attached hydrogen (secondary N) is 1. The summed E-state index contributed by atoms with van der Waals surface area (Å²) in [6.07, 6.45) is 2.07. The normalized spacial score (nSPS) is 21.7. The molecule has 1 amide bonds. The van der Waals surface area contributed by atoms with Crippen LogP contribution in [-0.2, 0) is 0 Å². The number of halogens is 1. The van der Waals surface area contributed by atoms with Gasteiger partial charge in [-0.1, -0.05) is 24.1 Å². The average Bonchev–Trinajstić information content (AvgIpc) is 2.81. The number of nitro groups is 1. The summed E-state index contributed by atoms with van der Waals surface area (Å²) in [5.41, 5.74) is -0.450. The molecule has 0 aromatic heterocycles. The van der Waals surface area contributed by atoms with Crippen molar-refractivity contribution in [3.8, 4) is 0 Å². The van der Waals surface area contributed by atoms with E-state index in [-0.39, 0.29) is 22.2 Å². The maximum atomic E-state index is 12.1. The van der Waals surface area contributed by atoms with Gasteiger partial charge in [0.15, 0.2) is 0 Å². The average molecular weight is 299 g/mol. The van der Waals surface area contributed by atoms with Gasteiger partial charge < -0.3 is 10.4 Å². The molecule has 0 saturated heterocycles. The lowest BCUT2D eigenvalue weighted by Crippen LogP contribution is -2.32. The number of carbonyl (C=O) groups is 1. The van der Waals surface area contributed by atoms with Gasteiger partial charge in [-0.2, -0.15) is 0 Å². The van der Waals surface area contributed by atoms with Crippen LogP contribution in [-0.4, -0.2) is 28.6 Å². The van der Waals surface area contributed by atoms with Crippen molar-refractivity contribution in [1.82, 2.24) is 5.32 Å². The summed E-state index contributed by atoms with van der Waals surface area (Å²) in [6.45, 7) is 0.294. The molecule has 2 atom stereocenters. The van der Waals surface area contributed by atoms with E-state index in [0.29, 0.717) is 6.54 Å². The van der Waals surface area contributed by atoms with E-state index in [1.54, 1.807) is 0 Å². The molecule has 6 nitrogen and oxygen atoms in total. The second kappa shape index (κ2) is 6.19. The lowest BCUT2D eigenvalue weighted by atomic mass is 10.1. The van der Waals surface area contributed by atoms with Crippen LogP contribution < -0.4 is 5.32 Å². The molecule has 7 heteroatoms. The Bertz CT molecular complexity index is 535. The number of amides is 1. The fourth-order valence-electron chi connectivity index (χ4n) is 2.46. The third-order valence-corrected chi connectivity index (χ3v) is 3.87. The van der Waals surface area contributed by atoms with Crippen LogP contribution in [0.5, 0.6) is 0 Å². The first-order valence-electron chi connectivity index (χ1n) is 6.40. The number of aliphatic hydroxyl groups excluding tert-OH is 1. The van der Waals surface area contributed by atoms with Gasteiger partial charge in [0.1, 0.15) is 5.56 Å². The molecule has 2 rings (SSSR count). The molecule has 2 unspecified atom stereocenters. The number of hydrogen-bond acceptors (Lipinski definition) is 4. The SMILES string of the molecule is O=C(NCC1CCCC1O)c1c(Cl)cccc1[N+](=O)[O-]. The van der Waals surface area contributed by atoms with Gasteiger partial charge in [-0.25, -0.2) is 0 Å². The first kappa shape index (κ1) is 14.7. The molecule has 108 valence electrons. The summed E-state index contributed by atoms with van der Waals surface area (Å²) in [5.74, 6) is -0.582. The molecule has 20 heavy (non-hydrogen) atoms. The molecule has 0 bridgehead atoms. The van der Waals surface area contributed by atoms with Gasteiger partial charge in [0.05, 0.1) is 16.0 Å². The number of hydrogen-bond donors (Lipinski definition) is 2. The van der Waals surface area contributed by atoms with E-state index in [9.17, 15) is 20.0 Å². The van der Waals surface area contributed by atoms with Gasteiger partial charge in [-0.05, 0) is 18.9 Å². The van der Waals surface area contributed by atoms with Crippen LogP contribution in [0.15, 0.2) is 18.2 Å². The van der Waals surface area contributed by atoms with Crippen molar-refractivity contribution in [2.45, 2.75) is 25.4 Å². The van der Waals surface area contributed by atoms with Gasteiger partial charge in [0.2, 0.25) is 0 Å². The highest BCUT2D eigenvalue weighted by molar-refractivity contribution is 6.34. The molecule has 1 aromatic carbocycles. The van der Waals surface area contributed by atoms with Gasteiger partial charge >= 0.3 is 0 Å². The van der Waals surface area contributed by atoms with E-state index in [4.69, 9.17) is 11.6 Å². The lowest BCUT2D eigenvalue weighted by molar-refractivity contribution is -0.385. The summed E-state index contributed by atoms with van der Waals surface area (Å²) >= 11 is 5.88. The Morgan fingerprint density at radius 3 is 2.85 bits per heavy atom. The Kier molecular flexibility index (Phi) is 4.57. The monoisotopic (exact) mass is 298 g/mol. The number of nitrogens with zero attached hydrogens (tertiary/aromatic N) is 1. The zero-order valence-electron chi connectivity index (χ0n) is 10.7. The number of rotatable bonds is 4. The fraction of sp³-hybridized carbons (Fsp3) is 0.462. The topological polar surface area (TPSA) is 92.5 Å². The Balaban J connectivity index is 2.11. The van der Waals surface area contributed by atoms with Crippen molar-refractivity contribution in [1.29, 1.82) is 0 Å². The van der Waals surface area contributed by atoms with Gasteiger partial charge in [-0.3, -0.25) is 14.9 Å². The first-order chi connectivity index (χ1) is 9.50. The number of benzene rings is 1. The van der Waals surface area contributed by atoms with Crippen molar-refractivity contribution in [3.63, 3.8) is 0 Å². The summed E-state index contributed by atoms with van der Waals surface area (Å²) in [5, 5.41) is 23.3. The van der Waals surface area contributed by atoms with Crippen molar-refractivity contribution in [2.75, 3.05) is 6.54 Å². The summed E-state index contributed by atoms with van der Waals surface area (Å²) < 4.78 is 0. The van der Waals surface area contributed by atoms with Gasteiger partial charge in [0.25, 0.3) is 11.6 Å². The molecule has 2 N–H and O–H groups in total. The van der Waals surface area contributed by atoms with E-state index in [1.807, 2.05) is 0 Å². The smallest absolute Gasteiger partial charge is 0.283 e. The minimum atomic E-state index is -0.634. The standard InChI is InChI=1S/C13H15ClN2O4/c14-9-4-2-5-10(16(19)20)12(9)13(18)15-7-8-3-1-6-11(8)17/h2,4-5,8,11,17H,1,3,6-7H2,(H,15,18). The van der Waals surface area contributed by atoms with Gasteiger partial charge in [-0.15, -0.1) is 0 Å². The quantitative estimate of drug-likeness (QED) is 0.658. The van der Waals surface area contributed by atoms with Crippen LogP contribution >= 0.6 is 11.6 Å². The lowest BCUT2D eigenvalue weighted by Gasteiger charge is -2.15. The Morgan fingerprint density at radius 1 is 1.50 bits per heavy atom. The summed E-state index contributed by atoms with van der Waals surface area (Å²) in [4.78, 5) is 22.4.